The topological polar surface area (TPSA) is 17.8 Å². The fraction of sp³-hybridized carbons (Fsp3) is 0.182. The Labute approximate surface area is 115 Å². The minimum absolute atomic E-state index is 0.262. The molecular weight excluding hydrogens is 297 g/mol. The predicted octanol–water partition coefficient (Wildman–Crippen LogP) is 3.96. The van der Waals surface area contributed by atoms with Crippen molar-refractivity contribution < 1.29 is 24.1 Å². The van der Waals surface area contributed by atoms with E-state index in [9.17, 15) is 13.2 Å². The van der Waals surface area contributed by atoms with Gasteiger partial charge in [-0.15, -0.1) is 0 Å². The van der Waals surface area contributed by atoms with Crippen LogP contribution in [0.2, 0.25) is 0 Å². The number of aromatic nitrogens is 2. The van der Waals surface area contributed by atoms with Crippen molar-refractivity contribution in [1.29, 1.82) is 0 Å². The first kappa shape index (κ1) is 5.56. The van der Waals surface area contributed by atoms with Gasteiger partial charge in [0.15, 0.2) is 0 Å². The number of hydrogen-bond acceptors (Lipinski definition) is 1. The second-order valence-corrected chi connectivity index (χ2v) is 3.65. The maximum absolute atomic E-state index is 13.5. The lowest BCUT2D eigenvalue weighted by atomic mass is 10.1. The SMILES string of the molecule is [2H]c1c([2H])c([2H])c(C(F)(F)F)c(-n2c(C([2H])([2H])[2H])nc(Br)c2[2H])c1[2H]. The molecule has 0 saturated heterocycles. The molecule has 0 saturated carbocycles. The maximum atomic E-state index is 13.5. The molecular formula is C11H8BrF3N2. The second-order valence-electron chi connectivity index (χ2n) is 2.89. The lowest BCUT2D eigenvalue weighted by molar-refractivity contribution is -0.137. The third-order valence-electron chi connectivity index (χ3n) is 1.79. The van der Waals surface area contributed by atoms with E-state index in [1.165, 1.54) is 0 Å². The molecule has 2 nitrogen and oxygen atoms in total. The molecule has 1 aromatic heterocycles. The number of halogens is 4. The van der Waals surface area contributed by atoms with Crippen molar-refractivity contribution in [2.45, 2.75) is 13.0 Å². The van der Waals surface area contributed by atoms with E-state index in [4.69, 9.17) is 11.0 Å². The molecule has 0 N–H and O–H groups in total. The van der Waals surface area contributed by atoms with Crippen LogP contribution in [0.3, 0.4) is 0 Å². The molecule has 0 radical (unpaired) electrons. The van der Waals surface area contributed by atoms with Crippen LogP contribution in [-0.4, -0.2) is 9.55 Å². The monoisotopic (exact) mass is 312 g/mol. The summed E-state index contributed by atoms with van der Waals surface area (Å²) < 4.78 is 101. The molecule has 0 aliphatic carbocycles. The Morgan fingerprint density at radius 3 is 2.76 bits per heavy atom. The molecule has 1 aromatic carbocycles. The van der Waals surface area contributed by atoms with E-state index in [2.05, 4.69) is 20.9 Å². The molecule has 0 bridgehead atoms. The predicted molar refractivity (Wildman–Crippen MR) is 61.0 cm³/mol. The van der Waals surface area contributed by atoms with Crippen LogP contribution < -0.4 is 0 Å². The van der Waals surface area contributed by atoms with Crippen molar-refractivity contribution in [2.24, 2.45) is 0 Å². The van der Waals surface area contributed by atoms with E-state index in [0.717, 1.165) is 0 Å². The summed E-state index contributed by atoms with van der Waals surface area (Å²) in [5.74, 6) is -0.931. The van der Waals surface area contributed by atoms with Gasteiger partial charge in [0.1, 0.15) is 10.4 Å². The highest BCUT2D eigenvalue weighted by Gasteiger charge is 2.33. The summed E-state index contributed by atoms with van der Waals surface area (Å²) in [7, 11) is 0. The molecule has 6 heteroatoms. The number of para-hydroxylation sites is 1. The number of alkyl halides is 3. The van der Waals surface area contributed by atoms with E-state index in [1.54, 1.807) is 0 Å². The van der Waals surface area contributed by atoms with Crippen LogP contribution in [0.4, 0.5) is 13.2 Å². The van der Waals surface area contributed by atoms with Gasteiger partial charge < -0.3 is 4.57 Å². The van der Waals surface area contributed by atoms with Gasteiger partial charge in [0, 0.05) is 10.3 Å². The van der Waals surface area contributed by atoms with Crippen LogP contribution in [-0.2, 0) is 6.18 Å². The van der Waals surface area contributed by atoms with E-state index in [1.807, 2.05) is 0 Å². The van der Waals surface area contributed by atoms with Gasteiger partial charge in [0.2, 0.25) is 0 Å². The average Bonchev–Trinajstić information content (AvgIpc) is 2.75. The van der Waals surface area contributed by atoms with Gasteiger partial charge in [0.25, 0.3) is 0 Å². The fourth-order valence-electron chi connectivity index (χ4n) is 1.15. The Bertz CT molecular complexity index is 859. The third kappa shape index (κ3) is 2.36. The van der Waals surface area contributed by atoms with Gasteiger partial charge in [-0.25, -0.2) is 4.98 Å². The zero-order valence-corrected chi connectivity index (χ0v) is 9.49. The van der Waals surface area contributed by atoms with Crippen molar-refractivity contribution in [3.05, 3.63) is 46.3 Å². The molecule has 0 atom stereocenters. The number of benzene rings is 1. The molecule has 0 aliphatic rings. The largest absolute Gasteiger partial charge is 0.418 e. The smallest absolute Gasteiger partial charge is 0.302 e. The van der Waals surface area contributed by atoms with E-state index >= 15 is 0 Å². The van der Waals surface area contributed by atoms with Gasteiger partial charge in [-0.2, -0.15) is 13.2 Å². The zero-order valence-electron chi connectivity index (χ0n) is 15.9. The van der Waals surface area contributed by atoms with Crippen molar-refractivity contribution >= 4 is 15.9 Å². The number of imidazole rings is 1. The van der Waals surface area contributed by atoms with Crippen LogP contribution in [0.1, 0.15) is 22.4 Å². The van der Waals surface area contributed by atoms with Crippen LogP contribution >= 0.6 is 15.9 Å². The molecule has 2 rings (SSSR count). The Balaban J connectivity index is 3.10. The van der Waals surface area contributed by atoms with Crippen molar-refractivity contribution in [3.8, 4) is 5.69 Å². The molecule has 90 valence electrons. The summed E-state index contributed by atoms with van der Waals surface area (Å²) >= 11 is 2.77. The van der Waals surface area contributed by atoms with Gasteiger partial charge in [-0.3, -0.25) is 0 Å². The number of aryl methyl sites for hydroxylation is 1. The number of rotatable bonds is 1. The third-order valence-corrected chi connectivity index (χ3v) is 2.15. The normalized spacial score (nSPS) is 19.3. The standard InChI is InChI=1S/C11H8BrF3N2/c1-7-16-10(12)6-17(7)9-5-3-2-4-8(9)11(13,14)15/h2-6H,1H3/i1D3,2D,3D,4D,5D,6D. The highest BCUT2D eigenvalue weighted by atomic mass is 79.9. The van der Waals surface area contributed by atoms with E-state index in [0.29, 0.717) is 0 Å². The van der Waals surface area contributed by atoms with Crippen molar-refractivity contribution in [2.75, 3.05) is 0 Å². The van der Waals surface area contributed by atoms with Gasteiger partial charge in [-0.05, 0) is 34.9 Å². The first-order valence-corrected chi connectivity index (χ1v) is 4.92. The number of nitrogens with zero attached hydrogens (tertiary/aromatic N) is 2. The quantitative estimate of drug-likeness (QED) is 0.779. The van der Waals surface area contributed by atoms with Crippen LogP contribution in [0.25, 0.3) is 5.69 Å². The number of hydrogen-bond donors (Lipinski definition) is 0. The Morgan fingerprint density at radius 2 is 2.12 bits per heavy atom. The molecule has 0 unspecified atom stereocenters. The minimum Gasteiger partial charge on any atom is -0.302 e. The highest BCUT2D eigenvalue weighted by molar-refractivity contribution is 9.10. The zero-order chi connectivity index (χ0) is 19.5. The maximum Gasteiger partial charge on any atom is 0.418 e. The summed E-state index contributed by atoms with van der Waals surface area (Å²) in [4.78, 5) is 3.51. The summed E-state index contributed by atoms with van der Waals surface area (Å²) in [6, 6.07) is -4.63. The average molecular weight is 313 g/mol. The summed E-state index contributed by atoms with van der Waals surface area (Å²) in [6.07, 6.45) is -6.01. The summed E-state index contributed by atoms with van der Waals surface area (Å²) in [5, 5.41) is 0. The van der Waals surface area contributed by atoms with Crippen LogP contribution in [0.15, 0.2) is 34.9 Å². The Kier molecular flexibility index (Phi) is 1.37. The molecule has 17 heavy (non-hydrogen) atoms. The lowest BCUT2D eigenvalue weighted by Crippen LogP contribution is -2.10. The van der Waals surface area contributed by atoms with Gasteiger partial charge in [0.05, 0.1) is 18.1 Å². The molecule has 0 aliphatic heterocycles. The van der Waals surface area contributed by atoms with E-state index < -0.39 is 60.4 Å². The molecule has 0 fully saturated rings. The lowest BCUT2D eigenvalue weighted by Gasteiger charge is -2.13. The fourth-order valence-corrected chi connectivity index (χ4v) is 1.50. The molecule has 2 aromatic rings. The van der Waals surface area contributed by atoms with Crippen molar-refractivity contribution in [1.82, 2.24) is 9.55 Å². The molecule has 0 amide bonds. The van der Waals surface area contributed by atoms with Crippen LogP contribution in [0, 0.1) is 6.85 Å². The van der Waals surface area contributed by atoms with Crippen molar-refractivity contribution in [3.63, 3.8) is 0 Å². The summed E-state index contributed by atoms with van der Waals surface area (Å²) in [6.45, 7) is -3.03. The minimum atomic E-state index is -5.22. The Morgan fingerprint density at radius 1 is 1.41 bits per heavy atom. The van der Waals surface area contributed by atoms with Gasteiger partial charge in [-0.1, -0.05) is 12.1 Å². The molecule has 0 spiro atoms. The van der Waals surface area contributed by atoms with Gasteiger partial charge >= 0.3 is 6.18 Å². The Hall–Kier alpha value is -1.30. The second kappa shape index (κ2) is 4.18. The first-order valence-electron chi connectivity index (χ1n) is 8.12. The summed E-state index contributed by atoms with van der Waals surface area (Å²) in [5.41, 5.74) is -2.96. The molecule has 1 heterocycles. The van der Waals surface area contributed by atoms with E-state index in [-0.39, 0.29) is 9.17 Å². The highest BCUT2D eigenvalue weighted by Crippen LogP contribution is 2.34. The first-order chi connectivity index (χ1) is 11.2. The van der Waals surface area contributed by atoms with Crippen LogP contribution in [0.5, 0.6) is 0 Å².